The molecule has 2 heterocycles. The SMILES string of the molecule is CC[C@H](C)[C@H](NC(=O)[C@@H]1CCCN1CC(O)[C@H](Cc1ccccc1)NC(=O)[C@H](CC(N)=O)NC(=O)c1ccc2ccccc2n1)C(=O)N[C@@H](Cc1ccccc1)C(=O)OC. The van der Waals surface area contributed by atoms with Gasteiger partial charge >= 0.3 is 5.97 Å². The number of amides is 5. The van der Waals surface area contributed by atoms with E-state index in [-0.39, 0.29) is 31.0 Å². The molecule has 60 heavy (non-hydrogen) atoms. The Morgan fingerprint density at radius 2 is 1.47 bits per heavy atom. The number of primary amides is 1. The molecule has 0 spiro atoms. The summed E-state index contributed by atoms with van der Waals surface area (Å²) >= 11 is 0. The standard InChI is InChI=1S/C45H55N7O8/c1-4-28(2)40(44(58)50-36(45(59)60-3)25-30-16-9-6-10-17-30)51-43(57)37-20-13-23-52(37)27-38(53)34(24-29-14-7-5-8-15-29)48-42(56)35(26-39(46)54)49-41(55)33-22-21-31-18-11-12-19-32(31)47-33/h5-12,14-19,21-22,28,34-38,40,53H,4,13,20,23-27H2,1-3H3,(H2,46,54)(H,48,56)(H,49,55)(H,50,58)(H,51,57)/t28-,34-,35-,36-,37-,38?,40-/m0/s1. The molecule has 1 aromatic heterocycles. The fraction of sp³-hybridized carbons (Fsp3) is 0.400. The number of fused-ring (bicyclic) bond motifs is 1. The molecule has 7 atom stereocenters. The minimum atomic E-state index is -1.38. The van der Waals surface area contributed by atoms with Gasteiger partial charge in [0, 0.05) is 18.4 Å². The average molecular weight is 822 g/mol. The summed E-state index contributed by atoms with van der Waals surface area (Å²) in [7, 11) is 1.25. The minimum Gasteiger partial charge on any atom is -0.467 e. The van der Waals surface area contributed by atoms with E-state index in [2.05, 4.69) is 26.3 Å². The number of ether oxygens (including phenoxy) is 1. The first kappa shape index (κ1) is 44.9. The lowest BCUT2D eigenvalue weighted by Crippen LogP contribution is -2.59. The van der Waals surface area contributed by atoms with Crippen molar-refractivity contribution in [3.05, 3.63) is 114 Å². The quantitative estimate of drug-likeness (QED) is 0.0714. The predicted molar refractivity (Wildman–Crippen MR) is 225 cm³/mol. The lowest BCUT2D eigenvalue weighted by molar-refractivity contribution is -0.145. The number of benzene rings is 3. The van der Waals surface area contributed by atoms with Crippen LogP contribution in [-0.2, 0) is 41.6 Å². The molecule has 15 heteroatoms. The number of para-hydroxylation sites is 1. The molecule has 15 nitrogen and oxygen atoms in total. The number of nitrogens with one attached hydrogen (secondary N) is 4. The van der Waals surface area contributed by atoms with Crippen LogP contribution in [0.2, 0.25) is 0 Å². The summed E-state index contributed by atoms with van der Waals surface area (Å²) < 4.78 is 4.98. The molecule has 5 rings (SSSR count). The summed E-state index contributed by atoms with van der Waals surface area (Å²) in [6.07, 6.45) is 0.307. The van der Waals surface area contributed by atoms with E-state index in [9.17, 15) is 33.9 Å². The summed E-state index contributed by atoms with van der Waals surface area (Å²) in [5, 5.41) is 23.8. The Kier molecular flexibility index (Phi) is 16.2. The zero-order valence-corrected chi connectivity index (χ0v) is 34.2. The van der Waals surface area contributed by atoms with E-state index in [1.165, 1.54) is 13.2 Å². The average Bonchev–Trinajstić information content (AvgIpc) is 3.72. The lowest BCUT2D eigenvalue weighted by Gasteiger charge is -2.33. The molecular weight excluding hydrogens is 767 g/mol. The highest BCUT2D eigenvalue weighted by atomic mass is 16.5. The van der Waals surface area contributed by atoms with Crippen molar-refractivity contribution in [1.29, 1.82) is 0 Å². The number of pyridine rings is 1. The number of nitrogens with zero attached hydrogens (tertiary/aromatic N) is 2. The number of likely N-dealkylation sites (tertiary alicyclic amines) is 1. The predicted octanol–water partition coefficient (Wildman–Crippen LogP) is 2.19. The number of aliphatic hydroxyl groups excluding tert-OH is 1. The van der Waals surface area contributed by atoms with Crippen LogP contribution in [0.25, 0.3) is 10.9 Å². The van der Waals surface area contributed by atoms with Gasteiger partial charge in [0.1, 0.15) is 23.8 Å². The van der Waals surface area contributed by atoms with Crippen LogP contribution in [0, 0.1) is 5.92 Å². The Hall–Kier alpha value is -6.19. The van der Waals surface area contributed by atoms with E-state index in [0.29, 0.717) is 31.3 Å². The van der Waals surface area contributed by atoms with Crippen LogP contribution >= 0.6 is 0 Å². The molecule has 0 saturated carbocycles. The Morgan fingerprint density at radius 3 is 2.12 bits per heavy atom. The molecule has 1 aliphatic heterocycles. The van der Waals surface area contributed by atoms with Crippen molar-refractivity contribution in [1.82, 2.24) is 31.2 Å². The largest absolute Gasteiger partial charge is 0.467 e. The van der Waals surface area contributed by atoms with Gasteiger partial charge in [-0.25, -0.2) is 9.78 Å². The number of esters is 1. The molecule has 4 aromatic rings. The van der Waals surface area contributed by atoms with E-state index in [4.69, 9.17) is 10.5 Å². The highest BCUT2D eigenvalue weighted by Gasteiger charge is 2.38. The zero-order chi connectivity index (χ0) is 43.2. The van der Waals surface area contributed by atoms with Crippen LogP contribution in [0.5, 0.6) is 0 Å². The van der Waals surface area contributed by atoms with E-state index in [1.54, 1.807) is 18.2 Å². The van der Waals surface area contributed by atoms with Crippen molar-refractivity contribution < 1.29 is 38.6 Å². The van der Waals surface area contributed by atoms with Crippen LogP contribution in [0.3, 0.4) is 0 Å². The van der Waals surface area contributed by atoms with Crippen molar-refractivity contribution in [2.24, 2.45) is 11.7 Å². The topological polar surface area (TPSA) is 222 Å². The second-order valence-electron chi connectivity index (χ2n) is 15.3. The van der Waals surface area contributed by atoms with Gasteiger partial charge in [-0.1, -0.05) is 105 Å². The third-order valence-corrected chi connectivity index (χ3v) is 10.9. The Balaban J connectivity index is 1.29. The van der Waals surface area contributed by atoms with Gasteiger partial charge in [-0.15, -0.1) is 0 Å². The van der Waals surface area contributed by atoms with Crippen LogP contribution in [0.15, 0.2) is 97.1 Å². The molecule has 5 amide bonds. The minimum absolute atomic E-state index is 0.0224. The monoisotopic (exact) mass is 821 g/mol. The third-order valence-electron chi connectivity index (χ3n) is 10.9. The summed E-state index contributed by atoms with van der Waals surface area (Å²) in [4.78, 5) is 86.1. The van der Waals surface area contributed by atoms with Crippen LogP contribution in [0.1, 0.15) is 61.1 Å². The normalized spacial score (nSPS) is 17.0. The van der Waals surface area contributed by atoms with Gasteiger partial charge in [-0.2, -0.15) is 0 Å². The van der Waals surface area contributed by atoms with Crippen LogP contribution in [0.4, 0.5) is 0 Å². The number of carbonyl (C=O) groups is 6. The maximum Gasteiger partial charge on any atom is 0.328 e. The van der Waals surface area contributed by atoms with Crippen molar-refractivity contribution >= 4 is 46.4 Å². The molecule has 1 unspecified atom stereocenters. The first-order valence-electron chi connectivity index (χ1n) is 20.3. The van der Waals surface area contributed by atoms with Crippen LogP contribution < -0.4 is 27.0 Å². The van der Waals surface area contributed by atoms with Crippen molar-refractivity contribution in [3.63, 3.8) is 0 Å². The molecule has 1 fully saturated rings. The van der Waals surface area contributed by atoms with Crippen LogP contribution in [-0.4, -0.2) is 107 Å². The van der Waals surface area contributed by atoms with E-state index in [1.807, 2.05) is 91.5 Å². The van der Waals surface area contributed by atoms with Gasteiger partial charge in [0.05, 0.1) is 37.2 Å². The number of aromatic nitrogens is 1. The molecule has 3 aromatic carbocycles. The molecule has 1 aliphatic rings. The van der Waals surface area contributed by atoms with Gasteiger partial charge in [-0.05, 0) is 55.0 Å². The number of hydrogen-bond donors (Lipinski definition) is 6. The molecule has 0 radical (unpaired) electrons. The second-order valence-corrected chi connectivity index (χ2v) is 15.3. The second kappa shape index (κ2) is 21.7. The Labute approximate surface area is 349 Å². The first-order valence-corrected chi connectivity index (χ1v) is 20.3. The van der Waals surface area contributed by atoms with E-state index < -0.39 is 78.2 Å². The molecule has 318 valence electrons. The zero-order valence-electron chi connectivity index (χ0n) is 34.2. The van der Waals surface area contributed by atoms with E-state index >= 15 is 0 Å². The number of β-amino-alcohol motifs (C(OH)–C–C–N with tert-alkyl or cyclic N) is 1. The summed E-state index contributed by atoms with van der Waals surface area (Å²) in [6, 6.07) is 23.9. The van der Waals surface area contributed by atoms with Crippen molar-refractivity contribution in [2.75, 3.05) is 20.2 Å². The maximum absolute atomic E-state index is 14.0. The Morgan fingerprint density at radius 1 is 0.817 bits per heavy atom. The van der Waals surface area contributed by atoms with Gasteiger partial charge < -0.3 is 36.8 Å². The Bertz CT molecular complexity index is 2100. The van der Waals surface area contributed by atoms with Gasteiger partial charge in [0.2, 0.25) is 23.6 Å². The highest BCUT2D eigenvalue weighted by Crippen LogP contribution is 2.21. The number of hydrogen-bond acceptors (Lipinski definition) is 10. The van der Waals surface area contributed by atoms with Crippen molar-refractivity contribution in [2.45, 2.75) is 88.7 Å². The summed E-state index contributed by atoms with van der Waals surface area (Å²) in [6.45, 7) is 4.18. The summed E-state index contributed by atoms with van der Waals surface area (Å²) in [5.41, 5.74) is 7.76. The molecule has 0 aliphatic carbocycles. The van der Waals surface area contributed by atoms with Gasteiger partial charge in [0.25, 0.3) is 5.91 Å². The molecule has 7 N–H and O–H groups in total. The number of carbonyl (C=O) groups excluding carboxylic acids is 6. The third kappa shape index (κ3) is 12.4. The molecular formula is C45H55N7O8. The maximum atomic E-state index is 14.0. The smallest absolute Gasteiger partial charge is 0.328 e. The highest BCUT2D eigenvalue weighted by molar-refractivity contribution is 5.99. The number of nitrogens with two attached hydrogens (primary N) is 1. The first-order chi connectivity index (χ1) is 28.9. The lowest BCUT2D eigenvalue weighted by atomic mass is 9.96. The van der Waals surface area contributed by atoms with Gasteiger partial charge in [0.15, 0.2) is 0 Å². The molecule has 1 saturated heterocycles. The molecule has 0 bridgehead atoms. The number of methoxy groups -OCH3 is 1. The van der Waals surface area contributed by atoms with Gasteiger partial charge in [-0.3, -0.25) is 28.9 Å². The van der Waals surface area contributed by atoms with E-state index in [0.717, 1.165) is 16.5 Å². The fourth-order valence-electron chi connectivity index (χ4n) is 7.38. The van der Waals surface area contributed by atoms with Crippen molar-refractivity contribution in [3.8, 4) is 0 Å². The number of aliphatic hydroxyl groups is 1. The number of rotatable bonds is 20. The summed E-state index contributed by atoms with van der Waals surface area (Å²) in [5.74, 6) is -4.08. The fourth-order valence-corrected chi connectivity index (χ4v) is 7.38.